The highest BCUT2D eigenvalue weighted by Crippen LogP contribution is 2.17. The molecule has 2 aromatic heterocycles. The van der Waals surface area contributed by atoms with E-state index >= 15 is 0 Å². The van der Waals surface area contributed by atoms with E-state index in [4.69, 9.17) is 11.6 Å². The van der Waals surface area contributed by atoms with Gasteiger partial charge in [-0.2, -0.15) is 4.98 Å². The van der Waals surface area contributed by atoms with Crippen molar-refractivity contribution in [2.75, 3.05) is 5.32 Å². The van der Waals surface area contributed by atoms with Crippen molar-refractivity contribution in [3.63, 3.8) is 0 Å². The van der Waals surface area contributed by atoms with Gasteiger partial charge in [-0.1, -0.05) is 48.0 Å². The Bertz CT molecular complexity index is 1090. The lowest BCUT2D eigenvalue weighted by Crippen LogP contribution is -2.37. The minimum Gasteiger partial charge on any atom is -0.351 e. The zero-order valence-electron chi connectivity index (χ0n) is 14.9. The number of nitrogens with one attached hydrogen (secondary N) is 1. The van der Waals surface area contributed by atoms with Crippen LogP contribution in [0.5, 0.6) is 0 Å². The summed E-state index contributed by atoms with van der Waals surface area (Å²) in [5.74, 6) is 0.510. The number of benzene rings is 1. The number of hydrogen-bond acceptors (Lipinski definition) is 4. The number of nitrogens with zero attached hydrogens (tertiary/aromatic N) is 4. The Kier molecular flexibility index (Phi) is 4.99. The van der Waals surface area contributed by atoms with Crippen LogP contribution in [0.1, 0.15) is 12.5 Å². The fourth-order valence-electron chi connectivity index (χ4n) is 2.75. The van der Waals surface area contributed by atoms with Gasteiger partial charge in [-0.25, -0.2) is 4.79 Å². The summed E-state index contributed by atoms with van der Waals surface area (Å²) in [4.78, 5) is 29.4. The molecule has 0 atom stereocenters. The fourth-order valence-corrected chi connectivity index (χ4v) is 2.82. The molecule has 0 amide bonds. The molecular weight excluding hydrogens is 354 g/mol. The average molecular weight is 374 g/mol. The van der Waals surface area contributed by atoms with Crippen molar-refractivity contribution >= 4 is 28.7 Å². The maximum atomic E-state index is 12.7. The fraction of sp³-hybridized carbons (Fsp3) is 0.278. The Labute approximate surface area is 155 Å². The van der Waals surface area contributed by atoms with Gasteiger partial charge in [0.15, 0.2) is 11.2 Å². The summed E-state index contributed by atoms with van der Waals surface area (Å²) in [5.41, 5.74) is 0.986. The van der Waals surface area contributed by atoms with Gasteiger partial charge >= 0.3 is 5.69 Å². The van der Waals surface area contributed by atoms with E-state index in [0.717, 1.165) is 10.1 Å². The van der Waals surface area contributed by atoms with Gasteiger partial charge in [-0.05, 0) is 12.5 Å². The van der Waals surface area contributed by atoms with E-state index in [2.05, 4.69) is 10.3 Å². The molecule has 8 heteroatoms. The quantitative estimate of drug-likeness (QED) is 0.744. The van der Waals surface area contributed by atoms with Crippen LogP contribution >= 0.6 is 11.6 Å². The van der Waals surface area contributed by atoms with E-state index in [1.165, 1.54) is 11.6 Å². The van der Waals surface area contributed by atoms with Gasteiger partial charge in [0.05, 0.1) is 0 Å². The van der Waals surface area contributed by atoms with Crippen molar-refractivity contribution in [3.8, 4) is 0 Å². The lowest BCUT2D eigenvalue weighted by Gasteiger charge is -2.09. The Hall–Kier alpha value is -2.80. The third-order valence-corrected chi connectivity index (χ3v) is 4.35. The molecule has 0 aliphatic rings. The molecule has 0 aliphatic heterocycles. The van der Waals surface area contributed by atoms with Gasteiger partial charge in [0.25, 0.3) is 5.56 Å². The van der Waals surface area contributed by atoms with Crippen molar-refractivity contribution in [3.05, 3.63) is 67.8 Å². The van der Waals surface area contributed by atoms with E-state index in [-0.39, 0.29) is 5.56 Å². The van der Waals surface area contributed by atoms with E-state index in [1.807, 2.05) is 30.3 Å². The maximum Gasteiger partial charge on any atom is 0.332 e. The molecule has 2 heterocycles. The van der Waals surface area contributed by atoms with Crippen LogP contribution in [0.25, 0.3) is 11.2 Å². The van der Waals surface area contributed by atoms with Crippen molar-refractivity contribution in [2.45, 2.75) is 20.0 Å². The summed E-state index contributed by atoms with van der Waals surface area (Å²) < 4.78 is 4.20. The van der Waals surface area contributed by atoms with Crippen LogP contribution in [0.2, 0.25) is 0 Å². The third kappa shape index (κ3) is 3.30. The van der Waals surface area contributed by atoms with Gasteiger partial charge < -0.3 is 9.88 Å². The second kappa shape index (κ2) is 7.21. The number of aryl methyl sites for hydroxylation is 1. The van der Waals surface area contributed by atoms with Crippen LogP contribution < -0.4 is 16.6 Å². The summed E-state index contributed by atoms with van der Waals surface area (Å²) >= 11 is 5.97. The number of anilines is 1. The molecule has 26 heavy (non-hydrogen) atoms. The number of halogens is 1. The standard InChI is InChI=1S/C18H20ClN5O2/c1-12(19)9-10-24-14-15(22(2)18(26)23(3)16(14)25)21-17(24)20-11-13-7-5-4-6-8-13/h4-9H,10-11H2,1-3H3,(H,20,21). The maximum absolute atomic E-state index is 12.7. The minimum absolute atomic E-state index is 0.342. The Morgan fingerprint density at radius 3 is 2.54 bits per heavy atom. The predicted octanol–water partition coefficient (Wildman–Crippen LogP) is 2.19. The van der Waals surface area contributed by atoms with Gasteiger partial charge in [0.1, 0.15) is 0 Å². The SMILES string of the molecule is CC(Cl)=CCn1c(NCc2ccccc2)nc2c1c(=O)n(C)c(=O)n2C. The molecule has 0 fully saturated rings. The normalized spacial score (nSPS) is 11.9. The van der Waals surface area contributed by atoms with E-state index in [9.17, 15) is 9.59 Å². The highest BCUT2D eigenvalue weighted by Gasteiger charge is 2.18. The highest BCUT2D eigenvalue weighted by atomic mass is 35.5. The third-order valence-electron chi connectivity index (χ3n) is 4.20. The lowest BCUT2D eigenvalue weighted by molar-refractivity contribution is 0.703. The summed E-state index contributed by atoms with van der Waals surface area (Å²) in [6.45, 7) is 2.68. The van der Waals surface area contributed by atoms with Crippen molar-refractivity contribution < 1.29 is 0 Å². The first kappa shape index (κ1) is 18.0. The molecule has 0 radical (unpaired) electrons. The molecule has 7 nitrogen and oxygen atoms in total. The second-order valence-corrected chi connectivity index (χ2v) is 6.65. The summed E-state index contributed by atoms with van der Waals surface area (Å²) in [6, 6.07) is 9.86. The van der Waals surface area contributed by atoms with E-state index in [1.54, 1.807) is 24.6 Å². The number of imidazole rings is 1. The Morgan fingerprint density at radius 2 is 1.88 bits per heavy atom. The summed E-state index contributed by atoms with van der Waals surface area (Å²) in [5, 5.41) is 3.87. The van der Waals surface area contributed by atoms with Crippen LogP contribution in [0.15, 0.2) is 51.0 Å². The Morgan fingerprint density at radius 1 is 1.19 bits per heavy atom. The zero-order valence-corrected chi connectivity index (χ0v) is 15.6. The zero-order chi connectivity index (χ0) is 18.8. The topological polar surface area (TPSA) is 73.8 Å². The predicted molar refractivity (Wildman–Crippen MR) is 104 cm³/mol. The highest BCUT2D eigenvalue weighted by molar-refractivity contribution is 6.29. The van der Waals surface area contributed by atoms with Crippen LogP contribution in [0.3, 0.4) is 0 Å². The smallest absolute Gasteiger partial charge is 0.332 e. The van der Waals surface area contributed by atoms with Crippen LogP contribution in [0, 0.1) is 0 Å². The number of allylic oxidation sites excluding steroid dienone is 2. The molecule has 0 saturated heterocycles. The largest absolute Gasteiger partial charge is 0.351 e. The number of hydrogen-bond donors (Lipinski definition) is 1. The van der Waals surface area contributed by atoms with E-state index in [0.29, 0.717) is 35.2 Å². The van der Waals surface area contributed by atoms with Crippen LogP contribution in [0.4, 0.5) is 5.95 Å². The lowest BCUT2D eigenvalue weighted by atomic mass is 10.2. The number of fused-ring (bicyclic) bond motifs is 1. The van der Waals surface area contributed by atoms with Crippen LogP contribution in [-0.4, -0.2) is 18.7 Å². The number of aromatic nitrogens is 4. The molecule has 0 saturated carbocycles. The molecule has 0 unspecified atom stereocenters. The van der Waals surface area contributed by atoms with Gasteiger partial charge in [-0.3, -0.25) is 13.9 Å². The average Bonchev–Trinajstić information content (AvgIpc) is 3.00. The van der Waals surface area contributed by atoms with Crippen molar-refractivity contribution in [1.29, 1.82) is 0 Å². The first-order chi connectivity index (χ1) is 12.4. The monoisotopic (exact) mass is 373 g/mol. The van der Waals surface area contributed by atoms with Crippen molar-refractivity contribution in [2.24, 2.45) is 14.1 Å². The van der Waals surface area contributed by atoms with E-state index < -0.39 is 5.69 Å². The minimum atomic E-state index is -0.411. The van der Waals surface area contributed by atoms with Gasteiger partial charge in [-0.15, -0.1) is 0 Å². The molecule has 0 aliphatic carbocycles. The first-order valence-corrected chi connectivity index (χ1v) is 8.54. The van der Waals surface area contributed by atoms with Crippen LogP contribution in [-0.2, 0) is 27.2 Å². The molecule has 0 bridgehead atoms. The second-order valence-electron chi connectivity index (χ2n) is 6.05. The molecule has 1 aromatic carbocycles. The number of rotatable bonds is 5. The van der Waals surface area contributed by atoms with Gasteiger partial charge in [0, 0.05) is 32.2 Å². The van der Waals surface area contributed by atoms with Gasteiger partial charge in [0.2, 0.25) is 5.95 Å². The molecule has 0 spiro atoms. The molecule has 3 aromatic rings. The molecule has 3 rings (SSSR count). The molecule has 1 N–H and O–H groups in total. The Balaban J connectivity index is 2.14. The first-order valence-electron chi connectivity index (χ1n) is 8.16. The summed E-state index contributed by atoms with van der Waals surface area (Å²) in [7, 11) is 3.06. The molecular formula is C18H20ClN5O2. The summed E-state index contributed by atoms with van der Waals surface area (Å²) in [6.07, 6.45) is 1.79. The molecule has 136 valence electrons. The van der Waals surface area contributed by atoms with Crippen molar-refractivity contribution in [1.82, 2.24) is 18.7 Å².